The Morgan fingerprint density at radius 3 is 2.24 bits per heavy atom. The fourth-order valence-corrected chi connectivity index (χ4v) is 3.19. The predicted octanol–water partition coefficient (Wildman–Crippen LogP) is 3.20. The van der Waals surface area contributed by atoms with Gasteiger partial charge in [0.15, 0.2) is 0 Å². The summed E-state index contributed by atoms with van der Waals surface area (Å²) >= 11 is 0. The number of carbonyl (C=O) groups is 1. The molecule has 29 heavy (non-hydrogen) atoms. The van der Waals surface area contributed by atoms with Crippen LogP contribution in [-0.4, -0.2) is 27.6 Å². The van der Waals surface area contributed by atoms with Crippen LogP contribution >= 0.6 is 0 Å². The first-order valence-electron chi connectivity index (χ1n) is 8.88. The zero-order chi connectivity index (χ0) is 20.7. The molecular formula is C21H21N3O4S. The van der Waals surface area contributed by atoms with Gasteiger partial charge in [-0.2, -0.15) is 0 Å². The molecule has 0 bridgehead atoms. The number of hydrogen-bond donors (Lipinski definition) is 3. The predicted molar refractivity (Wildman–Crippen MR) is 112 cm³/mol. The lowest BCUT2D eigenvalue weighted by atomic mass is 10.1. The van der Waals surface area contributed by atoms with E-state index in [1.54, 1.807) is 0 Å². The van der Waals surface area contributed by atoms with E-state index in [-0.39, 0.29) is 4.90 Å². The van der Waals surface area contributed by atoms with Crippen LogP contribution in [0.2, 0.25) is 0 Å². The van der Waals surface area contributed by atoms with Crippen LogP contribution in [0.3, 0.4) is 0 Å². The molecule has 0 aliphatic rings. The third-order valence-electron chi connectivity index (χ3n) is 4.06. The van der Waals surface area contributed by atoms with E-state index < -0.39 is 16.1 Å². The molecule has 150 valence electrons. The van der Waals surface area contributed by atoms with E-state index in [1.165, 1.54) is 24.3 Å². The maximum absolute atomic E-state index is 12.0. The normalized spacial score (nSPS) is 10.9. The highest BCUT2D eigenvalue weighted by molar-refractivity contribution is 7.89. The van der Waals surface area contributed by atoms with Crippen LogP contribution in [-0.2, 0) is 10.0 Å². The van der Waals surface area contributed by atoms with E-state index in [0.29, 0.717) is 18.8 Å². The Balaban J connectivity index is 1.49. The van der Waals surface area contributed by atoms with Crippen molar-refractivity contribution >= 4 is 21.7 Å². The van der Waals surface area contributed by atoms with E-state index in [9.17, 15) is 13.2 Å². The van der Waals surface area contributed by atoms with E-state index >= 15 is 0 Å². The fraction of sp³-hybridized carbons (Fsp3) is 0.0952. The van der Waals surface area contributed by atoms with Gasteiger partial charge in [0.25, 0.3) is 0 Å². The molecule has 0 saturated heterocycles. The number of benzene rings is 3. The first-order valence-corrected chi connectivity index (χ1v) is 10.4. The van der Waals surface area contributed by atoms with Gasteiger partial charge in [-0.25, -0.2) is 18.4 Å². The minimum absolute atomic E-state index is 0.0195. The van der Waals surface area contributed by atoms with Gasteiger partial charge in [0.1, 0.15) is 12.4 Å². The van der Waals surface area contributed by atoms with Crippen molar-refractivity contribution in [2.45, 2.75) is 4.90 Å². The van der Waals surface area contributed by atoms with Crippen LogP contribution in [0.1, 0.15) is 0 Å². The fourth-order valence-electron chi connectivity index (χ4n) is 2.68. The van der Waals surface area contributed by atoms with Crippen LogP contribution < -0.4 is 20.5 Å². The third-order valence-corrected chi connectivity index (χ3v) is 4.99. The molecule has 0 heterocycles. The molecule has 0 spiro atoms. The van der Waals surface area contributed by atoms with Crippen LogP contribution in [0.25, 0.3) is 11.1 Å². The second-order valence-corrected chi connectivity index (χ2v) is 7.72. The third kappa shape index (κ3) is 5.81. The summed E-state index contributed by atoms with van der Waals surface area (Å²) in [7, 11) is -3.76. The molecule has 0 aromatic heterocycles. The van der Waals surface area contributed by atoms with Gasteiger partial charge in [0.05, 0.1) is 11.4 Å². The SMILES string of the molecule is NS(=O)(=O)c1ccc(NC(=O)NCCOc2ccccc2-c2ccccc2)cc1. The number of primary sulfonamides is 1. The maximum atomic E-state index is 12.0. The quantitative estimate of drug-likeness (QED) is 0.519. The van der Waals surface area contributed by atoms with Gasteiger partial charge in [0, 0.05) is 11.3 Å². The largest absolute Gasteiger partial charge is 0.491 e. The Morgan fingerprint density at radius 1 is 0.897 bits per heavy atom. The number of nitrogens with one attached hydrogen (secondary N) is 2. The molecule has 4 N–H and O–H groups in total. The lowest BCUT2D eigenvalue weighted by Gasteiger charge is -2.12. The number of hydrogen-bond acceptors (Lipinski definition) is 4. The molecule has 0 saturated carbocycles. The van der Waals surface area contributed by atoms with Crippen LogP contribution in [0, 0.1) is 0 Å². The summed E-state index contributed by atoms with van der Waals surface area (Å²) in [4.78, 5) is 12.0. The molecule has 7 nitrogen and oxygen atoms in total. The van der Waals surface area contributed by atoms with Crippen molar-refractivity contribution in [3.63, 3.8) is 0 Å². The Labute approximate surface area is 169 Å². The van der Waals surface area contributed by atoms with Gasteiger partial charge < -0.3 is 15.4 Å². The molecule has 0 aliphatic carbocycles. The zero-order valence-corrected chi connectivity index (χ0v) is 16.4. The number of carbonyl (C=O) groups excluding carboxylic acids is 1. The summed E-state index contributed by atoms with van der Waals surface area (Å²) in [5.41, 5.74) is 2.48. The number of ether oxygens (including phenoxy) is 1. The van der Waals surface area contributed by atoms with Crippen molar-refractivity contribution in [1.82, 2.24) is 5.32 Å². The molecule has 3 aromatic carbocycles. The molecule has 0 aliphatic heterocycles. The first-order chi connectivity index (χ1) is 13.9. The first kappa shape index (κ1) is 20.4. The number of sulfonamides is 1. The summed E-state index contributed by atoms with van der Waals surface area (Å²) in [6, 6.07) is 22.8. The Hall–Kier alpha value is -3.36. The van der Waals surface area contributed by atoms with Gasteiger partial charge in [-0.05, 0) is 35.9 Å². The van der Waals surface area contributed by atoms with E-state index in [1.807, 2.05) is 54.6 Å². The highest BCUT2D eigenvalue weighted by Crippen LogP contribution is 2.29. The van der Waals surface area contributed by atoms with Crippen LogP contribution in [0.4, 0.5) is 10.5 Å². The Kier molecular flexibility index (Phi) is 6.48. The van der Waals surface area contributed by atoms with E-state index in [2.05, 4.69) is 10.6 Å². The van der Waals surface area contributed by atoms with Crippen molar-refractivity contribution in [3.8, 4) is 16.9 Å². The molecule has 2 amide bonds. The molecule has 0 unspecified atom stereocenters. The number of urea groups is 1. The molecule has 0 radical (unpaired) electrons. The van der Waals surface area contributed by atoms with Crippen molar-refractivity contribution in [1.29, 1.82) is 0 Å². The van der Waals surface area contributed by atoms with Gasteiger partial charge in [-0.15, -0.1) is 0 Å². The maximum Gasteiger partial charge on any atom is 0.319 e. The lowest BCUT2D eigenvalue weighted by molar-refractivity contribution is 0.247. The highest BCUT2D eigenvalue weighted by atomic mass is 32.2. The van der Waals surface area contributed by atoms with Gasteiger partial charge in [0.2, 0.25) is 10.0 Å². The van der Waals surface area contributed by atoms with Gasteiger partial charge in [-0.3, -0.25) is 0 Å². The standard InChI is InChI=1S/C21H21N3O4S/c22-29(26,27)18-12-10-17(11-13-18)24-21(25)23-14-15-28-20-9-5-4-8-19(20)16-6-2-1-3-7-16/h1-13H,14-15H2,(H2,22,26,27)(H2,23,24,25). The van der Waals surface area contributed by atoms with E-state index in [4.69, 9.17) is 9.88 Å². The molecule has 0 fully saturated rings. The lowest BCUT2D eigenvalue weighted by Crippen LogP contribution is -2.32. The van der Waals surface area contributed by atoms with E-state index in [0.717, 1.165) is 16.9 Å². The summed E-state index contributed by atoms with van der Waals surface area (Å²) in [6.07, 6.45) is 0. The smallest absolute Gasteiger partial charge is 0.319 e. The Morgan fingerprint density at radius 2 is 1.55 bits per heavy atom. The second-order valence-electron chi connectivity index (χ2n) is 6.16. The minimum Gasteiger partial charge on any atom is -0.491 e. The molecular weight excluding hydrogens is 390 g/mol. The van der Waals surface area contributed by atoms with Crippen LogP contribution in [0.5, 0.6) is 5.75 Å². The highest BCUT2D eigenvalue weighted by Gasteiger charge is 2.08. The van der Waals surface area contributed by atoms with Crippen molar-refractivity contribution in [3.05, 3.63) is 78.9 Å². The summed E-state index contributed by atoms with van der Waals surface area (Å²) in [5.74, 6) is 0.736. The molecule has 8 heteroatoms. The molecule has 3 rings (SSSR count). The van der Waals surface area contributed by atoms with Gasteiger partial charge >= 0.3 is 6.03 Å². The number of nitrogens with two attached hydrogens (primary N) is 1. The summed E-state index contributed by atoms with van der Waals surface area (Å²) in [6.45, 7) is 0.589. The monoisotopic (exact) mass is 411 g/mol. The zero-order valence-electron chi connectivity index (χ0n) is 15.5. The average Bonchev–Trinajstić information content (AvgIpc) is 2.72. The summed E-state index contributed by atoms with van der Waals surface area (Å²) < 4.78 is 28.3. The van der Waals surface area contributed by atoms with Gasteiger partial charge in [-0.1, -0.05) is 48.5 Å². The Bertz CT molecular complexity index is 1070. The summed E-state index contributed by atoms with van der Waals surface area (Å²) in [5, 5.41) is 10.3. The molecule has 0 atom stereocenters. The van der Waals surface area contributed by atoms with Crippen LogP contribution in [0.15, 0.2) is 83.8 Å². The topological polar surface area (TPSA) is 111 Å². The number of anilines is 1. The number of para-hydroxylation sites is 1. The average molecular weight is 411 g/mol. The second kappa shape index (κ2) is 9.22. The number of amides is 2. The molecule has 3 aromatic rings. The van der Waals surface area contributed by atoms with Crippen molar-refractivity contribution in [2.24, 2.45) is 5.14 Å². The van der Waals surface area contributed by atoms with Crippen molar-refractivity contribution in [2.75, 3.05) is 18.5 Å². The number of rotatable bonds is 7. The minimum atomic E-state index is -3.76. The van der Waals surface area contributed by atoms with Crippen molar-refractivity contribution < 1.29 is 17.9 Å².